The van der Waals surface area contributed by atoms with Gasteiger partial charge in [0.1, 0.15) is 6.10 Å². The van der Waals surface area contributed by atoms with E-state index in [2.05, 4.69) is 34.6 Å². The van der Waals surface area contributed by atoms with Crippen molar-refractivity contribution in [1.29, 1.82) is 0 Å². The predicted octanol–water partition coefficient (Wildman–Crippen LogP) is 5.80. The third-order valence-electron chi connectivity index (χ3n) is 10.3. The number of carbonyl (C=O) groups excluding carboxylic acids is 1. The van der Waals surface area contributed by atoms with Crippen LogP contribution < -0.4 is 0 Å². The number of esters is 1. The van der Waals surface area contributed by atoms with Crippen LogP contribution in [0, 0.1) is 57.2 Å². The third-order valence-corrected chi connectivity index (χ3v) is 10.3. The lowest BCUT2D eigenvalue weighted by Gasteiger charge is -2.55. The Morgan fingerprint density at radius 3 is 1.88 bits per heavy atom. The summed E-state index contributed by atoms with van der Waals surface area (Å²) in [6, 6.07) is 0. The topological polar surface area (TPSA) is 76.1 Å². The number of rotatable bonds is 6. The first-order valence-electron chi connectivity index (χ1n) is 13.0. The summed E-state index contributed by atoms with van der Waals surface area (Å²) in [7, 11) is 0. The highest BCUT2D eigenvalue weighted by Gasteiger charge is 2.67. The van der Waals surface area contributed by atoms with E-state index in [-0.39, 0.29) is 17.5 Å². The maximum atomic E-state index is 13.9. The quantitative estimate of drug-likeness (QED) is 0.399. The average molecular weight is 463 g/mol. The van der Waals surface area contributed by atoms with Crippen LogP contribution in [0.3, 0.4) is 0 Å². The highest BCUT2D eigenvalue weighted by atomic mass is 16.6. The monoisotopic (exact) mass is 462 g/mol. The fourth-order valence-electron chi connectivity index (χ4n) is 8.84. The van der Waals surface area contributed by atoms with Crippen molar-refractivity contribution < 1.29 is 24.2 Å². The van der Waals surface area contributed by atoms with Gasteiger partial charge in [0.25, 0.3) is 0 Å². The van der Waals surface area contributed by atoms with Crippen LogP contribution in [0.1, 0.15) is 88.5 Å². The maximum absolute atomic E-state index is 13.9. The molecule has 9 atom stereocenters. The van der Waals surface area contributed by atoms with Gasteiger partial charge in [0, 0.05) is 5.92 Å². The molecule has 33 heavy (non-hydrogen) atoms. The van der Waals surface area contributed by atoms with Crippen LogP contribution >= 0.6 is 0 Å². The Morgan fingerprint density at radius 2 is 1.36 bits per heavy atom. The molecule has 5 nitrogen and oxygen atoms in total. The number of hydrogen-bond acceptors (Lipinski definition) is 4. The van der Waals surface area contributed by atoms with Crippen LogP contribution in [0.25, 0.3) is 0 Å². The van der Waals surface area contributed by atoms with Crippen molar-refractivity contribution >= 4 is 11.9 Å². The molecular weight excluding hydrogens is 416 g/mol. The van der Waals surface area contributed by atoms with Gasteiger partial charge in [-0.1, -0.05) is 69.2 Å². The second-order valence-electron chi connectivity index (χ2n) is 14.9. The molecule has 0 amide bonds. The molecule has 2 bridgehead atoms. The second kappa shape index (κ2) is 7.45. The highest BCUT2D eigenvalue weighted by molar-refractivity contribution is 5.76. The molecule has 3 aliphatic carbocycles. The molecule has 4 aliphatic rings. The molecule has 3 saturated carbocycles. The predicted molar refractivity (Wildman–Crippen MR) is 127 cm³/mol. The molecule has 0 aromatic rings. The van der Waals surface area contributed by atoms with Crippen molar-refractivity contribution in [2.24, 2.45) is 57.2 Å². The fourth-order valence-corrected chi connectivity index (χ4v) is 8.84. The van der Waals surface area contributed by atoms with Crippen LogP contribution in [0.4, 0.5) is 0 Å². The average Bonchev–Trinajstić information content (AvgIpc) is 2.92. The van der Waals surface area contributed by atoms with Gasteiger partial charge < -0.3 is 14.6 Å². The third kappa shape index (κ3) is 3.85. The Hall–Kier alpha value is -1.10. The summed E-state index contributed by atoms with van der Waals surface area (Å²) in [5.74, 6) is 0.450. The summed E-state index contributed by atoms with van der Waals surface area (Å²) in [4.78, 5) is 26.4. The number of epoxide rings is 1. The van der Waals surface area contributed by atoms with E-state index < -0.39 is 34.1 Å². The number of carbonyl (C=O) groups is 2. The van der Waals surface area contributed by atoms with E-state index in [0.29, 0.717) is 30.0 Å². The Balaban J connectivity index is 1.59. The normalized spacial score (nSPS) is 37.3. The first kappa shape index (κ1) is 25.0. The molecule has 9 unspecified atom stereocenters. The van der Waals surface area contributed by atoms with Crippen LogP contribution in [0.2, 0.25) is 0 Å². The zero-order valence-corrected chi connectivity index (χ0v) is 22.4. The molecule has 1 aliphatic heterocycles. The zero-order chi connectivity index (χ0) is 24.9. The molecule has 0 radical (unpaired) electrons. The van der Waals surface area contributed by atoms with Crippen LogP contribution in [0.5, 0.6) is 0 Å². The molecule has 4 fully saturated rings. The van der Waals surface area contributed by atoms with Gasteiger partial charge in [-0.05, 0) is 58.7 Å². The minimum absolute atomic E-state index is 0.0200. The lowest BCUT2D eigenvalue weighted by atomic mass is 9.48. The van der Waals surface area contributed by atoms with Gasteiger partial charge in [-0.3, -0.25) is 9.59 Å². The number of ether oxygens (including phenoxy) is 2. The van der Waals surface area contributed by atoms with E-state index >= 15 is 0 Å². The Morgan fingerprint density at radius 1 is 0.818 bits per heavy atom. The van der Waals surface area contributed by atoms with Crippen LogP contribution in [-0.2, 0) is 19.1 Å². The molecule has 0 aromatic heterocycles. The molecule has 1 saturated heterocycles. The summed E-state index contributed by atoms with van der Waals surface area (Å²) in [5.41, 5.74) is -2.05. The van der Waals surface area contributed by atoms with E-state index in [0.717, 1.165) is 12.3 Å². The molecule has 0 aromatic carbocycles. The van der Waals surface area contributed by atoms with Crippen molar-refractivity contribution in [3.05, 3.63) is 0 Å². The summed E-state index contributed by atoms with van der Waals surface area (Å²) in [5, 5.41) is 10.2. The number of aliphatic carboxylic acids is 1. The first-order valence-corrected chi connectivity index (χ1v) is 13.0. The molecule has 1 N–H and O–H groups in total. The van der Waals surface area contributed by atoms with E-state index in [1.165, 1.54) is 12.8 Å². The first-order chi connectivity index (χ1) is 14.9. The van der Waals surface area contributed by atoms with Crippen molar-refractivity contribution in [2.75, 3.05) is 0 Å². The van der Waals surface area contributed by atoms with Crippen molar-refractivity contribution in [1.82, 2.24) is 0 Å². The Kier molecular flexibility index (Phi) is 5.64. The number of fused-ring (bicyclic) bond motifs is 7. The highest BCUT2D eigenvalue weighted by Crippen LogP contribution is 2.65. The smallest absolute Gasteiger partial charge is 0.310 e. The SMILES string of the molecule is CC(C)(C)C(C(=O)O)C(C)(C)C(C)(C)C(C(=O)OC1CC2CC1C1C2CC2OC21)C(C)(C)C. The van der Waals surface area contributed by atoms with Crippen LogP contribution in [-0.4, -0.2) is 35.4 Å². The van der Waals surface area contributed by atoms with Crippen molar-refractivity contribution in [3.63, 3.8) is 0 Å². The number of carboxylic acids is 1. The summed E-state index contributed by atoms with van der Waals surface area (Å²) < 4.78 is 12.2. The van der Waals surface area contributed by atoms with Crippen molar-refractivity contribution in [3.8, 4) is 0 Å². The van der Waals surface area contributed by atoms with E-state index in [4.69, 9.17) is 9.47 Å². The van der Waals surface area contributed by atoms with E-state index in [1.54, 1.807) is 0 Å². The van der Waals surface area contributed by atoms with Gasteiger partial charge in [-0.15, -0.1) is 0 Å². The van der Waals surface area contributed by atoms with Gasteiger partial charge in [0.2, 0.25) is 0 Å². The van der Waals surface area contributed by atoms with Gasteiger partial charge in [0.15, 0.2) is 0 Å². The Bertz CT molecular complexity index is 813. The van der Waals surface area contributed by atoms with Gasteiger partial charge >= 0.3 is 11.9 Å². The molecule has 1 heterocycles. The molecule has 5 heteroatoms. The lowest BCUT2D eigenvalue weighted by Crippen LogP contribution is -2.56. The maximum Gasteiger partial charge on any atom is 0.310 e. The number of carboxylic acid groups (broad SMARTS) is 1. The minimum atomic E-state index is -0.805. The minimum Gasteiger partial charge on any atom is -0.481 e. The standard InChI is InChI=1S/C28H46O5/c1-25(2,3)21(23(29)30)27(7,8)28(9,10)22(26(4,5)6)24(31)33-17-12-14-11-16(17)19-15(14)13-18-20(19)32-18/h14-22H,11-13H2,1-10H3,(H,29,30). The summed E-state index contributed by atoms with van der Waals surface area (Å²) >= 11 is 0. The summed E-state index contributed by atoms with van der Waals surface area (Å²) in [6.07, 6.45) is 4.20. The molecular formula is C28H46O5. The van der Waals surface area contributed by atoms with E-state index in [1.807, 2.05) is 34.6 Å². The lowest BCUT2D eigenvalue weighted by molar-refractivity contribution is -0.184. The second-order valence-corrected chi connectivity index (χ2v) is 14.9. The van der Waals surface area contributed by atoms with Gasteiger partial charge in [-0.25, -0.2) is 0 Å². The molecule has 0 spiro atoms. The van der Waals surface area contributed by atoms with Gasteiger partial charge in [-0.2, -0.15) is 0 Å². The van der Waals surface area contributed by atoms with Crippen molar-refractivity contribution in [2.45, 2.75) is 107 Å². The largest absolute Gasteiger partial charge is 0.481 e. The summed E-state index contributed by atoms with van der Waals surface area (Å²) in [6.45, 7) is 20.4. The number of hydrogen-bond donors (Lipinski definition) is 1. The van der Waals surface area contributed by atoms with Gasteiger partial charge in [0.05, 0.1) is 24.0 Å². The zero-order valence-electron chi connectivity index (χ0n) is 22.4. The van der Waals surface area contributed by atoms with E-state index in [9.17, 15) is 14.7 Å². The molecule has 188 valence electrons. The van der Waals surface area contributed by atoms with Crippen LogP contribution in [0.15, 0.2) is 0 Å². The molecule has 4 rings (SSSR count). The fraction of sp³-hybridized carbons (Fsp3) is 0.929. The Labute approximate surface area is 200 Å².